The first-order valence-electron chi connectivity index (χ1n) is 7.09. The monoisotopic (exact) mass is 370 g/mol. The normalized spacial score (nSPS) is 33.8. The molecule has 3 atom stereocenters. The van der Waals surface area contributed by atoms with Crippen molar-refractivity contribution in [2.45, 2.75) is 31.7 Å². The summed E-state index contributed by atoms with van der Waals surface area (Å²) in [6, 6.07) is 0.474. The Morgan fingerprint density at radius 1 is 1.33 bits per heavy atom. The van der Waals surface area contributed by atoms with Crippen molar-refractivity contribution in [3.05, 3.63) is 23.8 Å². The van der Waals surface area contributed by atoms with E-state index >= 15 is 0 Å². The fourth-order valence-electron chi connectivity index (χ4n) is 3.61. The fraction of sp³-hybridized carbons (Fsp3) is 0.500. The van der Waals surface area contributed by atoms with Crippen LogP contribution in [0.4, 0.5) is 0 Å². The highest BCUT2D eigenvalue weighted by Crippen LogP contribution is 2.35. The second kappa shape index (κ2) is 5.66. The third-order valence-corrected chi connectivity index (χ3v) is 5.25. The number of nitrogens with one attached hydrogen (secondary N) is 1. The number of quaternary nitrogens is 1. The molecule has 4 aliphatic rings. The maximum Gasteiger partial charge on any atom is 0.279 e. The van der Waals surface area contributed by atoms with Crippen LogP contribution in [0.1, 0.15) is 25.7 Å². The molecule has 2 saturated heterocycles. The van der Waals surface area contributed by atoms with Crippen molar-refractivity contribution in [1.29, 1.82) is 0 Å². The van der Waals surface area contributed by atoms with Gasteiger partial charge in [-0.2, -0.15) is 4.99 Å². The number of carbonyl (C=O) groups excluding carboxylic acids is 1. The van der Waals surface area contributed by atoms with Gasteiger partial charge in [0.1, 0.15) is 11.9 Å². The number of allylic oxidation sites excluding steroid dienone is 1. The summed E-state index contributed by atoms with van der Waals surface area (Å²) in [6.07, 6.45) is 9.64. The van der Waals surface area contributed by atoms with Crippen molar-refractivity contribution in [3.63, 3.8) is 0 Å². The highest BCUT2D eigenvalue weighted by atomic mass is 79.9. The molecule has 0 spiro atoms. The Morgan fingerprint density at radius 2 is 2.19 bits per heavy atom. The van der Waals surface area contributed by atoms with Crippen LogP contribution in [0.2, 0.25) is 0 Å². The Hall–Kier alpha value is -0.980. The molecule has 0 aromatic rings. The summed E-state index contributed by atoms with van der Waals surface area (Å²) in [5, 5.41) is 0. The van der Waals surface area contributed by atoms with Crippen molar-refractivity contribution >= 4 is 32.8 Å². The molecule has 4 rings (SSSR count). The highest BCUT2D eigenvalue weighted by Gasteiger charge is 2.41. The predicted molar refractivity (Wildman–Crippen MR) is 79.4 cm³/mol. The minimum absolute atomic E-state index is 0. The van der Waals surface area contributed by atoms with Gasteiger partial charge in [-0.3, -0.25) is 9.79 Å². The molecule has 7 heteroatoms. The largest absolute Gasteiger partial charge is 1.00 e. The summed E-state index contributed by atoms with van der Waals surface area (Å²) >= 11 is 3.53. The number of rotatable bonds is 1. The third kappa shape index (κ3) is 2.39. The number of piperidine rings is 1. The van der Waals surface area contributed by atoms with Crippen LogP contribution in [-0.2, 0) is 4.79 Å². The van der Waals surface area contributed by atoms with E-state index in [1.807, 2.05) is 12.4 Å². The Balaban J connectivity index is 0.00000132. The van der Waals surface area contributed by atoms with Crippen molar-refractivity contribution in [2.24, 2.45) is 15.9 Å². The van der Waals surface area contributed by atoms with Gasteiger partial charge in [0.2, 0.25) is 5.91 Å². The molecule has 2 fully saturated rings. The van der Waals surface area contributed by atoms with Crippen LogP contribution in [-0.4, -0.2) is 34.4 Å². The summed E-state index contributed by atoms with van der Waals surface area (Å²) in [7, 11) is 0. The van der Waals surface area contributed by atoms with E-state index in [0.29, 0.717) is 17.9 Å². The standard InChI is InChI=1S/C14H15BrN4O.ClH/c15-14-17-13(11-7-16-5-6-18(11)14)9-1-2-10-3-4-12(20)19(10)8-9;/h5-7,9-10H,1-4,8H2;1H/t9-,10+;/m1./s1. The predicted octanol–water partition coefficient (Wildman–Crippen LogP) is -2.19. The summed E-state index contributed by atoms with van der Waals surface area (Å²) in [4.78, 5) is 24.0. The van der Waals surface area contributed by atoms with Gasteiger partial charge in [-0.1, -0.05) is 0 Å². The van der Waals surface area contributed by atoms with E-state index in [1.54, 1.807) is 6.20 Å². The van der Waals surface area contributed by atoms with Gasteiger partial charge >= 0.3 is 0 Å². The molecule has 0 bridgehead atoms. The van der Waals surface area contributed by atoms with Crippen molar-refractivity contribution < 1.29 is 22.1 Å². The van der Waals surface area contributed by atoms with Crippen LogP contribution < -0.4 is 17.3 Å². The number of hydrogen-bond acceptors (Lipinski definition) is 3. The van der Waals surface area contributed by atoms with Gasteiger partial charge in [-0.05, 0) is 19.3 Å². The van der Waals surface area contributed by atoms with Gasteiger partial charge < -0.3 is 17.3 Å². The second-order valence-electron chi connectivity index (χ2n) is 5.72. The number of carbonyl (C=O) groups is 1. The lowest BCUT2D eigenvalue weighted by atomic mass is 9.90. The molecule has 5 nitrogen and oxygen atoms in total. The van der Waals surface area contributed by atoms with Crippen molar-refractivity contribution in [1.82, 2.24) is 4.90 Å². The van der Waals surface area contributed by atoms with Crippen LogP contribution in [0.5, 0.6) is 0 Å². The number of amidine groups is 1. The fourth-order valence-corrected chi connectivity index (χ4v) is 4.14. The smallest absolute Gasteiger partial charge is 0.279 e. The molecule has 0 aliphatic carbocycles. The van der Waals surface area contributed by atoms with E-state index in [0.717, 1.165) is 53.3 Å². The van der Waals surface area contributed by atoms with Gasteiger partial charge in [0.25, 0.3) is 4.74 Å². The van der Waals surface area contributed by atoms with Crippen molar-refractivity contribution in [3.8, 4) is 0 Å². The van der Waals surface area contributed by atoms with Gasteiger partial charge in [-0.25, -0.2) is 4.90 Å². The third-order valence-electron chi connectivity index (χ3n) is 4.64. The molecule has 21 heavy (non-hydrogen) atoms. The number of halogens is 2. The Kier molecular flexibility index (Phi) is 4.03. The molecule has 4 aliphatic heterocycles. The Bertz CT molecular complexity index is 598. The van der Waals surface area contributed by atoms with Crippen LogP contribution >= 0.6 is 15.9 Å². The van der Waals surface area contributed by atoms with E-state index in [-0.39, 0.29) is 12.4 Å². The summed E-state index contributed by atoms with van der Waals surface area (Å²) < 4.78 is 0.889. The second-order valence-corrected chi connectivity index (χ2v) is 6.47. The molecule has 1 amide bonds. The maximum absolute atomic E-state index is 11.9. The molecular formula is C14H16BrClN4O. The molecule has 1 unspecified atom stereocenters. The van der Waals surface area contributed by atoms with E-state index in [2.05, 4.69) is 25.8 Å². The Morgan fingerprint density at radius 3 is 3.05 bits per heavy atom. The van der Waals surface area contributed by atoms with Crippen LogP contribution in [0, 0.1) is 5.92 Å². The highest BCUT2D eigenvalue weighted by molar-refractivity contribution is 9.18. The summed E-state index contributed by atoms with van der Waals surface area (Å²) in [5.74, 6) is 0.652. The summed E-state index contributed by atoms with van der Waals surface area (Å²) in [5.41, 5.74) is 2.22. The van der Waals surface area contributed by atoms with Crippen LogP contribution in [0.3, 0.4) is 0 Å². The van der Waals surface area contributed by atoms with E-state index in [9.17, 15) is 4.79 Å². The first-order chi connectivity index (χ1) is 9.74. The lowest BCUT2D eigenvalue weighted by molar-refractivity contribution is -0.685. The first-order valence-corrected chi connectivity index (χ1v) is 7.88. The van der Waals surface area contributed by atoms with E-state index in [4.69, 9.17) is 4.99 Å². The molecule has 112 valence electrons. The van der Waals surface area contributed by atoms with Gasteiger partial charge in [0.15, 0.2) is 5.70 Å². The molecular weight excluding hydrogens is 356 g/mol. The average Bonchev–Trinajstić information content (AvgIpc) is 3.01. The lowest BCUT2D eigenvalue weighted by Gasteiger charge is -2.34. The van der Waals surface area contributed by atoms with Crippen molar-refractivity contribution in [2.75, 3.05) is 6.54 Å². The first kappa shape index (κ1) is 14.9. The van der Waals surface area contributed by atoms with Crippen LogP contribution in [0.15, 0.2) is 33.8 Å². The topological polar surface area (TPSA) is 49.5 Å². The van der Waals surface area contributed by atoms with Crippen LogP contribution in [0.25, 0.3) is 0 Å². The van der Waals surface area contributed by atoms with Gasteiger partial charge in [-0.15, -0.1) is 0 Å². The molecule has 1 N–H and O–H groups in total. The zero-order valence-electron chi connectivity index (χ0n) is 11.4. The molecule has 4 heterocycles. The SMILES string of the molecule is O=C1CC[C@@H]2CC[C@@H](C3=C4C=NC=C[NH+]4C(Br)=N3)CN12.[Cl-]. The maximum atomic E-state index is 11.9. The number of fused-ring (bicyclic) bond motifs is 2. The number of nitrogens with zero attached hydrogens (tertiary/aromatic N) is 3. The number of amides is 1. The number of aliphatic imine (C=N–C) groups is 2. The zero-order valence-corrected chi connectivity index (χ0v) is 13.8. The van der Waals surface area contributed by atoms with Gasteiger partial charge in [0.05, 0.1) is 12.4 Å². The Labute approximate surface area is 138 Å². The average molecular weight is 372 g/mol. The zero-order chi connectivity index (χ0) is 13.7. The molecule has 0 radical (unpaired) electrons. The van der Waals surface area contributed by atoms with E-state index < -0.39 is 0 Å². The molecule has 0 aromatic heterocycles. The summed E-state index contributed by atoms with van der Waals surface area (Å²) in [6.45, 7) is 0.816. The molecule has 0 saturated carbocycles. The van der Waals surface area contributed by atoms with Gasteiger partial charge in [0, 0.05) is 40.9 Å². The molecule has 0 aromatic carbocycles. The minimum atomic E-state index is 0. The minimum Gasteiger partial charge on any atom is -1.00 e. The lowest BCUT2D eigenvalue weighted by Crippen LogP contribution is -3.07. The number of hydrogen-bond donors (Lipinski definition) is 1. The quantitative estimate of drug-likeness (QED) is 0.523. The van der Waals surface area contributed by atoms with E-state index in [1.165, 1.54) is 0 Å².